The van der Waals surface area contributed by atoms with Gasteiger partial charge < -0.3 is 0 Å². The van der Waals surface area contributed by atoms with Crippen molar-refractivity contribution in [2.75, 3.05) is 0 Å². The highest BCUT2D eigenvalue weighted by Crippen LogP contribution is 2.33. The number of nitrogens with one attached hydrogen (secondary N) is 1. The van der Waals surface area contributed by atoms with Crippen molar-refractivity contribution in [1.29, 1.82) is 0 Å². The normalized spacial score (nSPS) is 25.2. The van der Waals surface area contributed by atoms with Crippen LogP contribution in [-0.2, 0) is 6.42 Å². The Bertz CT molecular complexity index is 389. The molecule has 1 unspecified atom stereocenters. The van der Waals surface area contributed by atoms with Gasteiger partial charge in [0.05, 0.1) is 5.02 Å². The molecule has 0 amide bonds. The van der Waals surface area contributed by atoms with Crippen LogP contribution >= 0.6 is 11.6 Å². The SMILES string of the molecule is CCC1CCC(C(Cc2ccncc2Cl)NN)CC1. The van der Waals surface area contributed by atoms with Crippen LogP contribution in [0.4, 0.5) is 0 Å². The molecule has 1 fully saturated rings. The number of aromatic nitrogens is 1. The van der Waals surface area contributed by atoms with Crippen LogP contribution in [-0.4, -0.2) is 11.0 Å². The lowest BCUT2D eigenvalue weighted by Gasteiger charge is -2.33. The van der Waals surface area contributed by atoms with E-state index < -0.39 is 0 Å². The number of nitrogens with two attached hydrogens (primary N) is 1. The van der Waals surface area contributed by atoms with Crippen LogP contribution in [0.2, 0.25) is 5.02 Å². The Labute approximate surface area is 120 Å². The van der Waals surface area contributed by atoms with Crippen LogP contribution in [0.3, 0.4) is 0 Å². The second-order valence-corrected chi connectivity index (χ2v) is 6.04. The molecular weight excluding hydrogens is 258 g/mol. The van der Waals surface area contributed by atoms with E-state index in [9.17, 15) is 0 Å². The molecule has 1 atom stereocenters. The van der Waals surface area contributed by atoms with Crippen LogP contribution in [0.15, 0.2) is 18.5 Å². The lowest BCUT2D eigenvalue weighted by molar-refractivity contribution is 0.217. The minimum absolute atomic E-state index is 0.317. The fraction of sp³-hybridized carbons (Fsp3) is 0.667. The molecule has 3 N–H and O–H groups in total. The summed E-state index contributed by atoms with van der Waals surface area (Å²) in [5, 5.41) is 0.741. The van der Waals surface area contributed by atoms with E-state index in [1.54, 1.807) is 12.4 Å². The monoisotopic (exact) mass is 281 g/mol. The van der Waals surface area contributed by atoms with Crippen molar-refractivity contribution in [3.63, 3.8) is 0 Å². The first-order valence-corrected chi connectivity index (χ1v) is 7.66. The maximum Gasteiger partial charge on any atom is 0.0621 e. The van der Waals surface area contributed by atoms with Gasteiger partial charge >= 0.3 is 0 Å². The molecule has 1 aliphatic carbocycles. The topological polar surface area (TPSA) is 50.9 Å². The second kappa shape index (κ2) is 7.22. The summed E-state index contributed by atoms with van der Waals surface area (Å²) >= 11 is 6.18. The Morgan fingerprint density at radius 1 is 1.42 bits per heavy atom. The summed E-state index contributed by atoms with van der Waals surface area (Å²) in [6, 6.07) is 2.31. The number of hydrogen-bond acceptors (Lipinski definition) is 3. The van der Waals surface area contributed by atoms with Gasteiger partial charge in [0.25, 0.3) is 0 Å². The van der Waals surface area contributed by atoms with Crippen LogP contribution in [0.5, 0.6) is 0 Å². The molecule has 0 bridgehead atoms. The van der Waals surface area contributed by atoms with Gasteiger partial charge in [-0.1, -0.05) is 37.8 Å². The van der Waals surface area contributed by atoms with Gasteiger partial charge in [-0.2, -0.15) is 0 Å². The third kappa shape index (κ3) is 3.91. The lowest BCUT2D eigenvalue weighted by Crippen LogP contribution is -2.43. The zero-order chi connectivity index (χ0) is 13.7. The summed E-state index contributed by atoms with van der Waals surface area (Å²) < 4.78 is 0. The fourth-order valence-electron chi connectivity index (χ4n) is 3.17. The number of hydrazine groups is 1. The molecule has 4 heteroatoms. The van der Waals surface area contributed by atoms with Crippen molar-refractivity contribution >= 4 is 11.6 Å². The van der Waals surface area contributed by atoms with Gasteiger partial charge in [0, 0.05) is 18.4 Å². The van der Waals surface area contributed by atoms with E-state index in [0.29, 0.717) is 12.0 Å². The zero-order valence-corrected chi connectivity index (χ0v) is 12.4. The van der Waals surface area contributed by atoms with E-state index in [0.717, 1.165) is 22.9 Å². The predicted molar refractivity (Wildman–Crippen MR) is 79.8 cm³/mol. The van der Waals surface area contributed by atoms with Crippen LogP contribution < -0.4 is 11.3 Å². The molecule has 1 saturated carbocycles. The fourth-order valence-corrected chi connectivity index (χ4v) is 3.36. The number of nitrogens with zero attached hydrogens (tertiary/aromatic N) is 1. The largest absolute Gasteiger partial charge is 0.271 e. The first kappa shape index (κ1) is 14.8. The van der Waals surface area contributed by atoms with Crippen LogP contribution in [0.1, 0.15) is 44.6 Å². The number of hydrogen-bond donors (Lipinski definition) is 2. The van der Waals surface area contributed by atoms with E-state index in [1.807, 2.05) is 6.07 Å². The molecule has 1 aromatic heterocycles. The molecule has 106 valence electrons. The molecule has 1 aliphatic rings. The van der Waals surface area contributed by atoms with Gasteiger partial charge in [0.1, 0.15) is 0 Å². The van der Waals surface area contributed by atoms with Gasteiger partial charge in [0.15, 0.2) is 0 Å². The minimum Gasteiger partial charge on any atom is -0.271 e. The molecule has 19 heavy (non-hydrogen) atoms. The summed E-state index contributed by atoms with van der Waals surface area (Å²) in [7, 11) is 0. The highest BCUT2D eigenvalue weighted by atomic mass is 35.5. The van der Waals surface area contributed by atoms with Crippen LogP contribution in [0, 0.1) is 11.8 Å². The maximum absolute atomic E-state index is 6.18. The van der Waals surface area contributed by atoms with Crippen molar-refractivity contribution in [2.45, 2.75) is 51.5 Å². The molecular formula is C15H24ClN3. The van der Waals surface area contributed by atoms with Crippen LogP contribution in [0.25, 0.3) is 0 Å². The summed E-state index contributed by atoms with van der Waals surface area (Å²) in [6.07, 6.45) is 10.9. The number of rotatable bonds is 5. The zero-order valence-electron chi connectivity index (χ0n) is 11.6. The molecule has 3 nitrogen and oxygen atoms in total. The van der Waals surface area contributed by atoms with E-state index in [4.69, 9.17) is 17.4 Å². The Morgan fingerprint density at radius 3 is 2.74 bits per heavy atom. The van der Waals surface area contributed by atoms with Gasteiger partial charge in [0.2, 0.25) is 0 Å². The molecule has 1 heterocycles. The Hall–Kier alpha value is -0.640. The van der Waals surface area contributed by atoms with Gasteiger partial charge in [-0.3, -0.25) is 16.3 Å². The van der Waals surface area contributed by atoms with Crippen molar-refractivity contribution < 1.29 is 0 Å². The molecule has 2 rings (SSSR count). The standard InChI is InChI=1S/C15H24ClN3/c1-2-11-3-5-12(6-4-11)15(19-17)9-13-7-8-18-10-14(13)16/h7-8,10-12,15,19H,2-6,9,17H2,1H3. The van der Waals surface area contributed by atoms with Gasteiger partial charge in [-0.05, 0) is 42.7 Å². The van der Waals surface area contributed by atoms with E-state index >= 15 is 0 Å². The molecule has 0 radical (unpaired) electrons. The smallest absolute Gasteiger partial charge is 0.0621 e. The van der Waals surface area contributed by atoms with Crippen molar-refractivity contribution in [3.05, 3.63) is 29.0 Å². The predicted octanol–water partition coefficient (Wildman–Crippen LogP) is 3.33. The number of pyridine rings is 1. The third-order valence-electron chi connectivity index (χ3n) is 4.55. The van der Waals surface area contributed by atoms with E-state index in [2.05, 4.69) is 17.3 Å². The summed E-state index contributed by atoms with van der Waals surface area (Å²) in [6.45, 7) is 2.29. The first-order valence-electron chi connectivity index (χ1n) is 7.29. The first-order chi connectivity index (χ1) is 9.24. The average molecular weight is 282 g/mol. The van der Waals surface area contributed by atoms with Gasteiger partial charge in [-0.25, -0.2) is 0 Å². The molecule has 0 spiro atoms. The minimum atomic E-state index is 0.317. The molecule has 0 aromatic carbocycles. The Balaban J connectivity index is 1.95. The maximum atomic E-state index is 6.18. The highest BCUT2D eigenvalue weighted by Gasteiger charge is 2.26. The second-order valence-electron chi connectivity index (χ2n) is 5.63. The van der Waals surface area contributed by atoms with Crippen molar-refractivity contribution in [1.82, 2.24) is 10.4 Å². The quantitative estimate of drug-likeness (QED) is 0.643. The summed E-state index contributed by atoms with van der Waals surface area (Å²) in [5.74, 6) is 7.34. The average Bonchev–Trinajstić information content (AvgIpc) is 2.47. The lowest BCUT2D eigenvalue weighted by atomic mass is 9.76. The summed E-state index contributed by atoms with van der Waals surface area (Å²) in [5.41, 5.74) is 4.14. The third-order valence-corrected chi connectivity index (χ3v) is 4.89. The Kier molecular flexibility index (Phi) is 5.61. The Morgan fingerprint density at radius 2 is 2.16 bits per heavy atom. The number of halogens is 1. The van der Waals surface area contributed by atoms with E-state index in [-0.39, 0.29) is 0 Å². The van der Waals surface area contributed by atoms with Crippen molar-refractivity contribution in [2.24, 2.45) is 17.7 Å². The van der Waals surface area contributed by atoms with Crippen molar-refractivity contribution in [3.8, 4) is 0 Å². The van der Waals surface area contributed by atoms with E-state index in [1.165, 1.54) is 32.1 Å². The highest BCUT2D eigenvalue weighted by molar-refractivity contribution is 6.31. The molecule has 0 saturated heterocycles. The van der Waals surface area contributed by atoms with Gasteiger partial charge in [-0.15, -0.1) is 0 Å². The molecule has 1 aromatic rings. The molecule has 0 aliphatic heterocycles. The summed E-state index contributed by atoms with van der Waals surface area (Å²) in [4.78, 5) is 4.03.